The quantitative estimate of drug-likeness (QED) is 0.563. The molecule has 1 aromatic carbocycles. The van der Waals surface area contributed by atoms with Crippen LogP contribution in [0.25, 0.3) is 0 Å². The van der Waals surface area contributed by atoms with Crippen LogP contribution in [0.15, 0.2) is 18.2 Å². The van der Waals surface area contributed by atoms with Gasteiger partial charge in [0, 0.05) is 5.69 Å². The molecule has 0 aromatic heterocycles. The van der Waals surface area contributed by atoms with Crippen LogP contribution in [-0.4, -0.2) is 28.7 Å². The van der Waals surface area contributed by atoms with Crippen molar-refractivity contribution in [3.05, 3.63) is 29.3 Å². The van der Waals surface area contributed by atoms with Crippen LogP contribution in [0.5, 0.6) is 0 Å². The van der Waals surface area contributed by atoms with Gasteiger partial charge in [0.05, 0.1) is 5.56 Å². The third-order valence-corrected chi connectivity index (χ3v) is 2.51. The van der Waals surface area contributed by atoms with Crippen LogP contribution in [0.4, 0.5) is 5.69 Å². The summed E-state index contributed by atoms with van der Waals surface area (Å²) in [6.07, 6.45) is 0.0319. The number of aliphatic carboxylic acids is 1. The largest absolute Gasteiger partial charge is 0.480 e. The fourth-order valence-corrected chi connectivity index (χ4v) is 1.62. The highest BCUT2D eigenvalue weighted by molar-refractivity contribution is 5.92. The summed E-state index contributed by atoms with van der Waals surface area (Å²) in [5.74, 6) is -1.67. The van der Waals surface area contributed by atoms with Gasteiger partial charge in [0.25, 0.3) is 0 Å². The van der Waals surface area contributed by atoms with Gasteiger partial charge in [0.2, 0.25) is 0 Å². The second kappa shape index (κ2) is 5.92. The minimum Gasteiger partial charge on any atom is -0.480 e. The summed E-state index contributed by atoms with van der Waals surface area (Å²) in [7, 11) is 0. The summed E-state index contributed by atoms with van der Waals surface area (Å²) in [6.45, 7) is 5.25. The van der Waals surface area contributed by atoms with Gasteiger partial charge in [-0.1, -0.05) is 6.07 Å². The molecule has 0 spiro atoms. The molecule has 0 radical (unpaired) electrons. The van der Waals surface area contributed by atoms with Crippen molar-refractivity contribution in [1.29, 1.82) is 0 Å². The number of esters is 1. The fourth-order valence-electron chi connectivity index (χ4n) is 1.62. The van der Waals surface area contributed by atoms with E-state index >= 15 is 0 Å². The molecule has 0 saturated heterocycles. The van der Waals surface area contributed by atoms with E-state index in [1.165, 1.54) is 6.07 Å². The number of carbonyl (C=O) groups excluding carboxylic acids is 1. The molecule has 1 unspecified atom stereocenters. The van der Waals surface area contributed by atoms with E-state index in [0.717, 1.165) is 0 Å². The fraction of sp³-hybridized carbons (Fsp3) is 0.429. The predicted octanol–water partition coefficient (Wildman–Crippen LogP) is 1.18. The van der Waals surface area contributed by atoms with Crippen LogP contribution >= 0.6 is 0 Å². The number of nitrogens with two attached hydrogens (primary N) is 2. The maximum absolute atomic E-state index is 12.1. The maximum Gasteiger partial charge on any atom is 0.339 e. The van der Waals surface area contributed by atoms with Gasteiger partial charge in [0.15, 0.2) is 0 Å². The van der Waals surface area contributed by atoms with Gasteiger partial charge >= 0.3 is 11.9 Å². The first kappa shape index (κ1) is 16.0. The molecule has 1 aromatic rings. The van der Waals surface area contributed by atoms with Gasteiger partial charge in [0.1, 0.15) is 11.6 Å². The van der Waals surface area contributed by atoms with E-state index in [1.807, 2.05) is 0 Å². The Bertz CT molecular complexity index is 520. The van der Waals surface area contributed by atoms with Crippen LogP contribution in [0.1, 0.15) is 36.7 Å². The Morgan fingerprint density at radius 2 is 1.95 bits per heavy atom. The molecule has 0 heterocycles. The van der Waals surface area contributed by atoms with Crippen LogP contribution in [0.3, 0.4) is 0 Å². The number of carbonyl (C=O) groups is 2. The minimum absolute atomic E-state index is 0.0319. The van der Waals surface area contributed by atoms with E-state index < -0.39 is 23.6 Å². The number of nitrogen functional groups attached to an aromatic ring is 1. The number of anilines is 1. The van der Waals surface area contributed by atoms with Gasteiger partial charge in [-0.05, 0) is 44.9 Å². The number of hydrogen-bond donors (Lipinski definition) is 3. The van der Waals surface area contributed by atoms with E-state index in [0.29, 0.717) is 11.3 Å². The summed E-state index contributed by atoms with van der Waals surface area (Å²) in [5.41, 5.74) is 11.7. The molecule has 0 bridgehead atoms. The van der Waals surface area contributed by atoms with Gasteiger partial charge in [-0.3, -0.25) is 4.79 Å². The number of benzene rings is 1. The second-order valence-corrected chi connectivity index (χ2v) is 5.57. The zero-order valence-corrected chi connectivity index (χ0v) is 11.8. The number of ether oxygens (including phenoxy) is 1. The van der Waals surface area contributed by atoms with E-state index in [9.17, 15) is 9.59 Å². The molecule has 20 heavy (non-hydrogen) atoms. The number of rotatable bonds is 4. The van der Waals surface area contributed by atoms with Crippen molar-refractivity contribution in [1.82, 2.24) is 0 Å². The Morgan fingerprint density at radius 3 is 2.45 bits per heavy atom. The number of carboxylic acids is 1. The Morgan fingerprint density at radius 1 is 1.35 bits per heavy atom. The van der Waals surface area contributed by atoms with Crippen LogP contribution < -0.4 is 11.5 Å². The molecule has 5 N–H and O–H groups in total. The van der Waals surface area contributed by atoms with Crippen LogP contribution in [-0.2, 0) is 16.0 Å². The molecule has 0 amide bonds. The van der Waals surface area contributed by atoms with E-state index in [-0.39, 0.29) is 12.0 Å². The summed E-state index contributed by atoms with van der Waals surface area (Å²) >= 11 is 0. The summed E-state index contributed by atoms with van der Waals surface area (Å²) in [5, 5.41) is 8.85. The topological polar surface area (TPSA) is 116 Å². The van der Waals surface area contributed by atoms with Crippen molar-refractivity contribution in [2.24, 2.45) is 5.73 Å². The number of hydrogen-bond acceptors (Lipinski definition) is 5. The highest BCUT2D eigenvalue weighted by atomic mass is 16.6. The molecule has 0 saturated carbocycles. The molecule has 1 rings (SSSR count). The highest BCUT2D eigenvalue weighted by Gasteiger charge is 2.22. The van der Waals surface area contributed by atoms with E-state index in [4.69, 9.17) is 21.3 Å². The molecule has 110 valence electrons. The Labute approximate surface area is 117 Å². The van der Waals surface area contributed by atoms with Crippen LogP contribution in [0.2, 0.25) is 0 Å². The third-order valence-electron chi connectivity index (χ3n) is 2.51. The van der Waals surface area contributed by atoms with Crippen molar-refractivity contribution in [2.45, 2.75) is 38.8 Å². The lowest BCUT2D eigenvalue weighted by Gasteiger charge is -2.21. The van der Waals surface area contributed by atoms with E-state index in [1.54, 1.807) is 32.9 Å². The highest BCUT2D eigenvalue weighted by Crippen LogP contribution is 2.19. The predicted molar refractivity (Wildman–Crippen MR) is 75.3 cm³/mol. The normalized spacial score (nSPS) is 12.8. The first-order valence-corrected chi connectivity index (χ1v) is 6.20. The van der Waals surface area contributed by atoms with Crippen molar-refractivity contribution >= 4 is 17.6 Å². The molecule has 0 aliphatic carbocycles. The Balaban J connectivity index is 3.07. The summed E-state index contributed by atoms with van der Waals surface area (Å²) < 4.78 is 5.28. The molecule has 0 fully saturated rings. The first-order valence-electron chi connectivity index (χ1n) is 6.20. The van der Waals surface area contributed by atoms with Crippen LogP contribution in [0, 0.1) is 0 Å². The Kier molecular flexibility index (Phi) is 4.73. The smallest absolute Gasteiger partial charge is 0.339 e. The van der Waals surface area contributed by atoms with Gasteiger partial charge in [-0.25, -0.2) is 4.79 Å². The number of carboxylic acid groups (broad SMARTS) is 1. The molecule has 1 atom stereocenters. The zero-order chi connectivity index (χ0) is 15.5. The van der Waals surface area contributed by atoms with Gasteiger partial charge in [-0.2, -0.15) is 0 Å². The average molecular weight is 280 g/mol. The monoisotopic (exact) mass is 280 g/mol. The van der Waals surface area contributed by atoms with Crippen molar-refractivity contribution in [3.8, 4) is 0 Å². The van der Waals surface area contributed by atoms with Crippen molar-refractivity contribution in [3.63, 3.8) is 0 Å². The van der Waals surface area contributed by atoms with E-state index in [2.05, 4.69) is 0 Å². The summed E-state index contributed by atoms with van der Waals surface area (Å²) in [4.78, 5) is 22.9. The molecular formula is C14H20N2O4. The molecule has 6 nitrogen and oxygen atoms in total. The first-order chi connectivity index (χ1) is 9.10. The lowest BCUT2D eigenvalue weighted by atomic mass is 9.99. The molecule has 0 aliphatic heterocycles. The maximum atomic E-state index is 12.1. The molecular weight excluding hydrogens is 260 g/mol. The zero-order valence-electron chi connectivity index (χ0n) is 11.8. The standard InChI is InChI=1S/C14H20N2O4/c1-14(2,3)20-13(19)10-7-9(15)5-4-8(10)6-11(16)12(17)18/h4-5,7,11H,6,15-16H2,1-3H3,(H,17,18). The molecule has 0 aliphatic rings. The summed E-state index contributed by atoms with van der Waals surface area (Å²) in [6, 6.07) is 3.58. The molecule has 6 heteroatoms. The van der Waals surface area contributed by atoms with Crippen molar-refractivity contribution in [2.75, 3.05) is 5.73 Å². The minimum atomic E-state index is -1.13. The Hall–Kier alpha value is -2.08. The van der Waals surface area contributed by atoms with Crippen molar-refractivity contribution < 1.29 is 19.4 Å². The second-order valence-electron chi connectivity index (χ2n) is 5.57. The van der Waals surface area contributed by atoms with Gasteiger partial charge < -0.3 is 21.3 Å². The lowest BCUT2D eigenvalue weighted by Crippen LogP contribution is -2.33. The lowest BCUT2D eigenvalue weighted by molar-refractivity contribution is -0.138. The average Bonchev–Trinajstić information content (AvgIpc) is 2.28. The van der Waals surface area contributed by atoms with Gasteiger partial charge in [-0.15, -0.1) is 0 Å². The third kappa shape index (κ3) is 4.55. The SMILES string of the molecule is CC(C)(C)OC(=O)c1cc(N)ccc1CC(N)C(=O)O.